The highest BCUT2D eigenvalue weighted by atomic mass is 16.5. The zero-order chi connectivity index (χ0) is 7.40. The second-order valence-corrected chi connectivity index (χ2v) is 2.10. The van der Waals surface area contributed by atoms with Crippen LogP contribution in [0, 0.1) is 0 Å². The standard InChI is InChI=1S/C7H11NO2/c1-2-3-7-8(6-9)4-5-10-7/h3,6H,2,4-5H2,1H3. The Balaban J connectivity index is 2.57. The molecule has 1 saturated heterocycles. The molecule has 1 aliphatic heterocycles. The van der Waals surface area contributed by atoms with E-state index in [4.69, 9.17) is 4.74 Å². The summed E-state index contributed by atoms with van der Waals surface area (Å²) in [5, 5.41) is 0. The summed E-state index contributed by atoms with van der Waals surface area (Å²) in [5.41, 5.74) is 0. The van der Waals surface area contributed by atoms with E-state index in [0.717, 1.165) is 12.8 Å². The largest absolute Gasteiger partial charge is 0.477 e. The van der Waals surface area contributed by atoms with E-state index in [1.54, 1.807) is 4.90 Å². The summed E-state index contributed by atoms with van der Waals surface area (Å²) in [4.78, 5) is 11.9. The molecule has 0 aromatic rings. The number of carbonyl (C=O) groups is 1. The molecule has 0 spiro atoms. The zero-order valence-electron chi connectivity index (χ0n) is 6.04. The smallest absolute Gasteiger partial charge is 0.216 e. The van der Waals surface area contributed by atoms with Crippen molar-refractivity contribution in [1.29, 1.82) is 0 Å². The van der Waals surface area contributed by atoms with Crippen LogP contribution in [0.25, 0.3) is 0 Å². The Morgan fingerprint density at radius 1 is 1.80 bits per heavy atom. The predicted molar refractivity (Wildman–Crippen MR) is 37.1 cm³/mol. The minimum absolute atomic E-state index is 0.630. The van der Waals surface area contributed by atoms with E-state index in [0.29, 0.717) is 19.0 Å². The predicted octanol–water partition coefficient (Wildman–Crippen LogP) is 0.726. The third kappa shape index (κ3) is 1.29. The molecule has 10 heavy (non-hydrogen) atoms. The summed E-state index contributed by atoms with van der Waals surface area (Å²) in [7, 11) is 0. The fourth-order valence-electron chi connectivity index (χ4n) is 0.897. The van der Waals surface area contributed by atoms with Crippen molar-refractivity contribution in [2.45, 2.75) is 13.3 Å². The van der Waals surface area contributed by atoms with Crippen LogP contribution >= 0.6 is 0 Å². The number of ether oxygens (including phenoxy) is 1. The molecule has 56 valence electrons. The quantitative estimate of drug-likeness (QED) is 0.530. The molecule has 0 radical (unpaired) electrons. The molecule has 0 aromatic carbocycles. The lowest BCUT2D eigenvalue weighted by Crippen LogP contribution is -2.15. The SMILES string of the molecule is CCC=C1OCCN1C=O. The molecule has 0 saturated carbocycles. The maximum atomic E-state index is 10.3. The van der Waals surface area contributed by atoms with Crippen LogP contribution in [0.2, 0.25) is 0 Å². The molecule has 0 aromatic heterocycles. The van der Waals surface area contributed by atoms with Gasteiger partial charge in [-0.1, -0.05) is 6.92 Å². The van der Waals surface area contributed by atoms with Gasteiger partial charge in [0.05, 0.1) is 6.54 Å². The molecular weight excluding hydrogens is 130 g/mol. The van der Waals surface area contributed by atoms with Gasteiger partial charge in [-0.05, 0) is 12.5 Å². The van der Waals surface area contributed by atoms with Crippen LogP contribution in [0.15, 0.2) is 12.0 Å². The number of allylic oxidation sites excluding steroid dienone is 1. The van der Waals surface area contributed by atoms with E-state index in [2.05, 4.69) is 0 Å². The van der Waals surface area contributed by atoms with E-state index >= 15 is 0 Å². The van der Waals surface area contributed by atoms with Crippen LogP contribution < -0.4 is 0 Å². The Hall–Kier alpha value is -0.990. The lowest BCUT2D eigenvalue weighted by atomic mass is 10.4. The molecular formula is C7H11NO2. The van der Waals surface area contributed by atoms with Crippen LogP contribution in [0.5, 0.6) is 0 Å². The van der Waals surface area contributed by atoms with E-state index in [1.165, 1.54) is 0 Å². The zero-order valence-corrected chi connectivity index (χ0v) is 6.04. The molecule has 0 unspecified atom stereocenters. The van der Waals surface area contributed by atoms with Crippen LogP contribution in [-0.2, 0) is 9.53 Å². The summed E-state index contributed by atoms with van der Waals surface area (Å²) >= 11 is 0. The van der Waals surface area contributed by atoms with Gasteiger partial charge in [0.1, 0.15) is 6.61 Å². The van der Waals surface area contributed by atoms with E-state index in [9.17, 15) is 4.79 Å². The van der Waals surface area contributed by atoms with Crippen molar-refractivity contribution in [2.24, 2.45) is 0 Å². The lowest BCUT2D eigenvalue weighted by Gasteiger charge is -2.06. The van der Waals surface area contributed by atoms with Crippen molar-refractivity contribution in [2.75, 3.05) is 13.2 Å². The molecule has 3 heteroatoms. The number of hydrogen-bond donors (Lipinski definition) is 0. The van der Waals surface area contributed by atoms with Gasteiger partial charge in [0.15, 0.2) is 5.88 Å². The van der Waals surface area contributed by atoms with Crippen LogP contribution in [0.3, 0.4) is 0 Å². The Morgan fingerprint density at radius 2 is 2.60 bits per heavy atom. The normalized spacial score (nSPS) is 21.3. The van der Waals surface area contributed by atoms with Gasteiger partial charge in [-0.2, -0.15) is 0 Å². The molecule has 0 N–H and O–H groups in total. The first-order chi connectivity index (χ1) is 4.88. The van der Waals surface area contributed by atoms with Crippen molar-refractivity contribution in [3.05, 3.63) is 12.0 Å². The van der Waals surface area contributed by atoms with Gasteiger partial charge in [0, 0.05) is 0 Å². The molecule has 1 fully saturated rings. The van der Waals surface area contributed by atoms with Crippen molar-refractivity contribution in [3.63, 3.8) is 0 Å². The molecule has 0 bridgehead atoms. The van der Waals surface area contributed by atoms with Crippen LogP contribution in [-0.4, -0.2) is 24.5 Å². The fourth-order valence-corrected chi connectivity index (χ4v) is 0.897. The third-order valence-corrected chi connectivity index (χ3v) is 1.37. The average molecular weight is 141 g/mol. The highest BCUT2D eigenvalue weighted by molar-refractivity contribution is 5.50. The Labute approximate surface area is 60.3 Å². The molecule has 1 aliphatic rings. The molecule has 1 heterocycles. The number of rotatable bonds is 2. The van der Waals surface area contributed by atoms with Crippen LogP contribution in [0.4, 0.5) is 0 Å². The first-order valence-electron chi connectivity index (χ1n) is 3.43. The molecule has 1 rings (SSSR count). The number of nitrogens with zero attached hydrogens (tertiary/aromatic N) is 1. The molecule has 0 atom stereocenters. The van der Waals surface area contributed by atoms with Crippen molar-refractivity contribution in [3.8, 4) is 0 Å². The summed E-state index contributed by atoms with van der Waals surface area (Å²) in [6.45, 7) is 3.33. The minimum Gasteiger partial charge on any atom is -0.477 e. The summed E-state index contributed by atoms with van der Waals surface area (Å²) in [6, 6.07) is 0. The van der Waals surface area contributed by atoms with Gasteiger partial charge in [0.25, 0.3) is 0 Å². The van der Waals surface area contributed by atoms with Crippen LogP contribution in [0.1, 0.15) is 13.3 Å². The van der Waals surface area contributed by atoms with Gasteiger partial charge in [0.2, 0.25) is 6.41 Å². The molecule has 3 nitrogen and oxygen atoms in total. The van der Waals surface area contributed by atoms with E-state index in [-0.39, 0.29) is 0 Å². The van der Waals surface area contributed by atoms with Crippen molar-refractivity contribution < 1.29 is 9.53 Å². The number of hydrogen-bond acceptors (Lipinski definition) is 2. The first-order valence-corrected chi connectivity index (χ1v) is 3.43. The topological polar surface area (TPSA) is 29.5 Å². The monoisotopic (exact) mass is 141 g/mol. The number of amides is 1. The van der Waals surface area contributed by atoms with E-state index in [1.807, 2.05) is 13.0 Å². The van der Waals surface area contributed by atoms with E-state index < -0.39 is 0 Å². The van der Waals surface area contributed by atoms with Gasteiger partial charge < -0.3 is 4.74 Å². The Morgan fingerprint density at radius 3 is 3.20 bits per heavy atom. The van der Waals surface area contributed by atoms with Gasteiger partial charge >= 0.3 is 0 Å². The minimum atomic E-state index is 0.630. The fraction of sp³-hybridized carbons (Fsp3) is 0.571. The average Bonchev–Trinajstić information content (AvgIpc) is 2.36. The first kappa shape index (κ1) is 7.12. The summed E-state index contributed by atoms with van der Waals surface area (Å²) in [6.07, 6.45) is 3.61. The second-order valence-electron chi connectivity index (χ2n) is 2.10. The highest BCUT2D eigenvalue weighted by Gasteiger charge is 2.15. The van der Waals surface area contributed by atoms with Crippen molar-refractivity contribution in [1.82, 2.24) is 4.90 Å². The maximum Gasteiger partial charge on any atom is 0.216 e. The number of carbonyl (C=O) groups excluding carboxylic acids is 1. The highest BCUT2D eigenvalue weighted by Crippen LogP contribution is 2.11. The Bertz CT molecular complexity index is 154. The second kappa shape index (κ2) is 3.25. The lowest BCUT2D eigenvalue weighted by molar-refractivity contribution is -0.116. The third-order valence-electron chi connectivity index (χ3n) is 1.37. The van der Waals surface area contributed by atoms with Crippen molar-refractivity contribution >= 4 is 6.41 Å². The summed E-state index contributed by atoms with van der Waals surface area (Å²) < 4.78 is 5.15. The maximum absolute atomic E-state index is 10.3. The summed E-state index contributed by atoms with van der Waals surface area (Å²) in [5.74, 6) is 0.706. The molecule has 1 amide bonds. The molecule has 0 aliphatic carbocycles. The van der Waals surface area contributed by atoms with Gasteiger partial charge in [-0.3, -0.25) is 9.69 Å². The van der Waals surface area contributed by atoms with Gasteiger partial charge in [-0.25, -0.2) is 0 Å². The van der Waals surface area contributed by atoms with Gasteiger partial charge in [-0.15, -0.1) is 0 Å². The Kier molecular flexibility index (Phi) is 2.31.